The van der Waals surface area contributed by atoms with Crippen LogP contribution in [0.1, 0.15) is 115 Å². The number of carbonyl (C=O) groups is 8. The van der Waals surface area contributed by atoms with Crippen molar-refractivity contribution in [3.05, 3.63) is 238 Å². The van der Waals surface area contributed by atoms with Crippen LogP contribution in [0.2, 0.25) is 0 Å². The van der Waals surface area contributed by atoms with Crippen LogP contribution in [0.15, 0.2) is 182 Å². The van der Waals surface area contributed by atoms with Crippen molar-refractivity contribution in [1.29, 1.82) is 0 Å². The molecule has 2 saturated carbocycles. The summed E-state index contributed by atoms with van der Waals surface area (Å²) in [7, 11) is 33.7. The minimum absolute atomic E-state index is 0.00541. The molecule has 8 atom stereocenters. The molecule has 2 heterocycles. The number of hydrogen-bond acceptors (Lipinski definition) is 14. The van der Waals surface area contributed by atoms with Gasteiger partial charge in [-0.1, -0.05) is 101 Å². The van der Waals surface area contributed by atoms with Crippen LogP contribution in [-0.4, -0.2) is 108 Å². The molecule has 4 aliphatic carbocycles. The van der Waals surface area contributed by atoms with Gasteiger partial charge < -0.3 is 49.2 Å². The summed E-state index contributed by atoms with van der Waals surface area (Å²) in [4.78, 5) is 114. The second-order valence-corrected chi connectivity index (χ2v) is 28.9. The first kappa shape index (κ1) is 76.0. The van der Waals surface area contributed by atoms with E-state index in [9.17, 15) is 38.4 Å². The van der Waals surface area contributed by atoms with Gasteiger partial charge in [0.05, 0.1) is 57.8 Å². The quantitative estimate of drug-likeness (QED) is 0.0213. The fourth-order valence-corrected chi connectivity index (χ4v) is 16.5. The molecule has 0 aromatic heterocycles. The summed E-state index contributed by atoms with van der Waals surface area (Å²) in [5, 5.41) is 10.6. The highest BCUT2D eigenvalue weighted by molar-refractivity contribution is 6.25. The van der Waals surface area contributed by atoms with Gasteiger partial charge in [-0.15, -0.1) is 0 Å². The number of alkyl halides is 6. The number of fused-ring (bicyclic) bond motifs is 10. The topological polar surface area (TPSA) is 247 Å². The lowest BCUT2D eigenvalue weighted by atomic mass is 9.72. The molecule has 4 bridgehead atoms. The molecule has 2 aliphatic heterocycles. The molecule has 20 nitrogen and oxygen atoms in total. The van der Waals surface area contributed by atoms with Crippen LogP contribution >= 0.6 is 0 Å². The van der Waals surface area contributed by atoms with Crippen LogP contribution in [0.4, 0.5) is 60.5 Å². The summed E-state index contributed by atoms with van der Waals surface area (Å²) in [6.45, 7) is 7.41. The third kappa shape index (κ3) is 12.8. The van der Waals surface area contributed by atoms with Crippen molar-refractivity contribution in [3.8, 4) is 34.5 Å². The normalized spacial score (nSPS) is 20.2. The number of nitrogens with one attached hydrogen (secondary N) is 4. The fourth-order valence-electron chi connectivity index (χ4n) is 16.5. The molecular weight excluding hydrogens is 1440 g/mol. The van der Waals surface area contributed by atoms with Crippen LogP contribution in [0.25, 0.3) is 0 Å². The first-order chi connectivity index (χ1) is 52.8. The molecule has 111 heavy (non-hydrogen) atoms. The van der Waals surface area contributed by atoms with Gasteiger partial charge in [-0.25, -0.2) is 9.80 Å². The van der Waals surface area contributed by atoms with Crippen LogP contribution in [0.5, 0.6) is 34.5 Å². The minimum Gasteiger partial charge on any atom is -0.566 e. The molecule has 4 fully saturated rings. The van der Waals surface area contributed by atoms with Gasteiger partial charge in [0.2, 0.25) is 29.0 Å². The Labute approximate surface area is 639 Å². The highest BCUT2D eigenvalue weighted by Gasteiger charge is 2.73. The molecule has 8 amide bonds. The minimum atomic E-state index is -6.25. The molecule has 12 radical (unpaired) electrons. The summed E-state index contributed by atoms with van der Waals surface area (Å²) < 4.78 is 126. The second-order valence-electron chi connectivity index (χ2n) is 28.9. The second kappa shape index (κ2) is 28.6. The van der Waals surface area contributed by atoms with E-state index >= 15 is 26.3 Å². The zero-order valence-electron chi connectivity index (χ0n) is 59.2. The molecule has 14 rings (SSSR count). The molecule has 32 heteroatoms. The number of imide groups is 2. The number of allylic oxidation sites excluding steroid dienone is 4. The highest BCUT2D eigenvalue weighted by Crippen LogP contribution is 2.60. The monoisotopic (exact) mass is 1490 g/mol. The Balaban J connectivity index is 0.667. The van der Waals surface area contributed by atoms with E-state index < -0.39 is 122 Å². The van der Waals surface area contributed by atoms with Gasteiger partial charge in [0, 0.05) is 33.1 Å². The number of benzene rings is 8. The molecule has 0 spiro atoms. The maximum atomic E-state index is 15.9. The number of anilines is 6. The van der Waals surface area contributed by atoms with Gasteiger partial charge in [-0.3, -0.25) is 38.4 Å². The van der Waals surface area contributed by atoms with E-state index in [1.807, 2.05) is 26.0 Å². The zero-order valence-corrected chi connectivity index (χ0v) is 59.2. The lowest BCUT2D eigenvalue weighted by Gasteiger charge is -2.39. The van der Waals surface area contributed by atoms with Crippen molar-refractivity contribution in [2.45, 2.75) is 69.1 Å². The van der Waals surface area contributed by atoms with Gasteiger partial charge in [0.15, 0.2) is 0 Å². The first-order valence-electron chi connectivity index (χ1n) is 34.6. The lowest BCUT2D eigenvalue weighted by Crippen LogP contribution is -2.55. The van der Waals surface area contributed by atoms with Gasteiger partial charge in [0.1, 0.15) is 34.5 Å². The smallest absolute Gasteiger partial charge is 0.411 e. The standard InChI is InChI=1S/C79H58B6F6N6O14/c1-75(2,45-15-21-57(106-80)51(31-45)92-67(98)41-7-5-8-42(29-41)69(100)94-53-33-47(17-23-59(53)108-82)76(3,4)48-18-25-61(110-84)55(35-48)96-71(102)63-37-11-12-38(27-37)64(63)72(96)103)46-16-22-58(107-81)52(32-46)93-68(99)43-9-6-10-44(30-43)70(101)95-54-34-49(19-24-60(54)109-83)77(78(86,87)88,79(89,90)91)50-20-26-62(111-85)56(36-50)97-73(104)65-39-13-14-40(28-39)66(65)74(97)105/h5-26,29-40,63-66H,27-28H2,1-4H3,(H,92,98)(H,93,99)(H,94,100)(H,95,101). The predicted molar refractivity (Wildman–Crippen MR) is 399 cm³/mol. The molecule has 4 N–H and O–H groups in total. The maximum absolute atomic E-state index is 15.9. The van der Waals surface area contributed by atoms with Gasteiger partial charge in [-0.05, 0) is 179 Å². The number of nitrogens with zero attached hydrogens (tertiary/aromatic N) is 2. The Bertz CT molecular complexity index is 5240. The Hall–Kier alpha value is -11.8. The number of amides is 8. The van der Waals surface area contributed by atoms with Crippen molar-refractivity contribution in [2.24, 2.45) is 47.3 Å². The largest absolute Gasteiger partial charge is 0.566 e. The Morgan fingerprint density at radius 1 is 0.342 bits per heavy atom. The summed E-state index contributed by atoms with van der Waals surface area (Å²) in [5.41, 5.74) is -9.14. The molecule has 6 aliphatic rings. The zero-order chi connectivity index (χ0) is 79.3. The van der Waals surface area contributed by atoms with Crippen LogP contribution in [0, 0.1) is 47.3 Å². The predicted octanol–water partition coefficient (Wildman–Crippen LogP) is 12.2. The number of rotatable bonds is 22. The van der Waals surface area contributed by atoms with Crippen molar-refractivity contribution >= 4 is 130 Å². The molecule has 8 aromatic rings. The fraction of sp³-hybridized carbons (Fsp3) is 0.241. The SMILES string of the molecule is [B]Oc1ccc(C(C)(C)c2ccc(O[B])c(NC(=O)c3cccc(C(=O)Nc4cc(C(c5ccc(O[B])c(N6C(=O)C7C8C=CC(C8)C7C6=O)c5)(C(F)(F)F)C(F)(F)F)ccc4O[B])c3)c2)cc1NC(=O)c1cccc(C(=O)Nc2cc(C(C)(C)c3ccc(O[B])c(N4C(=O)C5C6C=CC(C6)C5C4=O)c3)ccc2O[B])c1. The van der Waals surface area contributed by atoms with Gasteiger partial charge in [0.25, 0.3) is 23.6 Å². The summed E-state index contributed by atoms with van der Waals surface area (Å²) in [5.74, 6) is -10.3. The molecule has 2 saturated heterocycles. The number of halogens is 6. The molecule has 8 unspecified atom stereocenters. The van der Waals surface area contributed by atoms with Crippen LogP contribution in [0.3, 0.4) is 0 Å². The maximum Gasteiger partial charge on any atom is 0.411 e. The van der Waals surface area contributed by atoms with E-state index in [2.05, 4.69) is 21.3 Å². The van der Waals surface area contributed by atoms with E-state index in [0.29, 0.717) is 70.0 Å². The Morgan fingerprint density at radius 2 is 0.577 bits per heavy atom. The average Bonchev–Trinajstić information content (AvgIpc) is 0.726. The van der Waals surface area contributed by atoms with Crippen molar-refractivity contribution in [1.82, 2.24) is 0 Å². The van der Waals surface area contributed by atoms with Crippen molar-refractivity contribution in [3.63, 3.8) is 0 Å². The number of hydrogen-bond donors (Lipinski definition) is 4. The van der Waals surface area contributed by atoms with Crippen molar-refractivity contribution < 1.29 is 92.6 Å². The number of carbonyl (C=O) groups excluding carboxylic acids is 8. The van der Waals surface area contributed by atoms with Crippen molar-refractivity contribution in [2.75, 3.05) is 31.1 Å². The van der Waals surface area contributed by atoms with E-state index in [0.717, 1.165) is 12.5 Å². The lowest BCUT2D eigenvalue weighted by molar-refractivity contribution is -0.288. The highest BCUT2D eigenvalue weighted by atomic mass is 19.4. The van der Waals surface area contributed by atoms with Gasteiger partial charge >= 0.3 is 60.6 Å². The van der Waals surface area contributed by atoms with E-state index in [-0.39, 0.29) is 103 Å². The van der Waals surface area contributed by atoms with E-state index in [1.54, 1.807) is 80.6 Å². The molecule has 8 aromatic carbocycles. The summed E-state index contributed by atoms with van der Waals surface area (Å²) >= 11 is 0. The average molecular weight is 1490 g/mol. The summed E-state index contributed by atoms with van der Waals surface area (Å²) in [6, 6.07) is 32.9. The Kier molecular flexibility index (Phi) is 19.5. The Morgan fingerprint density at radius 3 is 0.847 bits per heavy atom. The third-order valence-corrected chi connectivity index (χ3v) is 22.4. The van der Waals surface area contributed by atoms with E-state index in [4.69, 9.17) is 76.2 Å². The third-order valence-electron chi connectivity index (χ3n) is 22.4. The summed E-state index contributed by atoms with van der Waals surface area (Å²) in [6.07, 6.45) is -3.80. The molecule has 548 valence electrons. The van der Waals surface area contributed by atoms with Crippen LogP contribution in [-0.2, 0) is 35.4 Å². The van der Waals surface area contributed by atoms with Crippen LogP contribution < -0.4 is 59.0 Å². The van der Waals surface area contributed by atoms with E-state index in [1.165, 1.54) is 65.6 Å². The molecular formula is C79H58B6F6N6O14. The van der Waals surface area contributed by atoms with Gasteiger partial charge in [-0.2, -0.15) is 26.3 Å². The first-order valence-corrected chi connectivity index (χ1v) is 34.6.